The monoisotopic (exact) mass is 319 g/mol. The first-order chi connectivity index (χ1) is 11.2. The zero-order valence-electron chi connectivity index (χ0n) is 14.4. The Hall–Kier alpha value is -1.24. The number of nitrogens with zero attached hydrogens (tertiary/aromatic N) is 5. The molecule has 0 spiro atoms. The Morgan fingerprint density at radius 2 is 2.09 bits per heavy atom. The van der Waals surface area contributed by atoms with E-state index in [-0.39, 0.29) is 0 Å². The first-order valence-electron chi connectivity index (χ1n) is 8.77. The average molecular weight is 319 g/mol. The largest absolute Gasteiger partial charge is 0.379 e. The quantitative estimate of drug-likeness (QED) is 0.810. The highest BCUT2D eigenvalue weighted by atomic mass is 16.5. The highest BCUT2D eigenvalue weighted by molar-refractivity contribution is 5.35. The van der Waals surface area contributed by atoms with Crippen LogP contribution in [0.3, 0.4) is 0 Å². The zero-order valence-corrected chi connectivity index (χ0v) is 14.4. The van der Waals surface area contributed by atoms with Crippen LogP contribution in [0.4, 0.5) is 5.82 Å². The minimum atomic E-state index is 0.552. The summed E-state index contributed by atoms with van der Waals surface area (Å²) in [6, 6.07) is 1.23. The summed E-state index contributed by atoms with van der Waals surface area (Å²) in [6.45, 7) is 9.51. The molecule has 1 aromatic heterocycles. The summed E-state index contributed by atoms with van der Waals surface area (Å²) >= 11 is 0. The van der Waals surface area contributed by atoms with E-state index in [2.05, 4.69) is 38.6 Å². The Morgan fingerprint density at radius 1 is 1.26 bits per heavy atom. The van der Waals surface area contributed by atoms with E-state index in [1.807, 2.05) is 6.20 Å². The molecule has 0 amide bonds. The van der Waals surface area contributed by atoms with Crippen molar-refractivity contribution in [2.75, 3.05) is 57.9 Å². The van der Waals surface area contributed by atoms with E-state index in [1.54, 1.807) is 12.4 Å². The van der Waals surface area contributed by atoms with Gasteiger partial charge >= 0.3 is 0 Å². The van der Waals surface area contributed by atoms with E-state index < -0.39 is 0 Å². The summed E-state index contributed by atoms with van der Waals surface area (Å²) in [5, 5.41) is 0. The molecule has 6 nitrogen and oxygen atoms in total. The summed E-state index contributed by atoms with van der Waals surface area (Å²) in [4.78, 5) is 16.0. The molecule has 2 fully saturated rings. The van der Waals surface area contributed by atoms with Crippen molar-refractivity contribution >= 4 is 5.82 Å². The van der Waals surface area contributed by atoms with Gasteiger partial charge in [0, 0.05) is 57.2 Å². The van der Waals surface area contributed by atoms with Gasteiger partial charge in [0.15, 0.2) is 0 Å². The molecular formula is C17H29N5O. The summed E-state index contributed by atoms with van der Waals surface area (Å²) < 4.78 is 5.52. The predicted octanol–water partition coefficient (Wildman–Crippen LogP) is 1.10. The molecule has 0 aliphatic carbocycles. The number of aromatic nitrogens is 2. The van der Waals surface area contributed by atoms with Crippen molar-refractivity contribution in [1.29, 1.82) is 0 Å². The molecule has 2 aliphatic heterocycles. The van der Waals surface area contributed by atoms with Crippen LogP contribution in [0.2, 0.25) is 0 Å². The Labute approximate surface area is 139 Å². The third-order valence-corrected chi connectivity index (χ3v) is 5.21. The summed E-state index contributed by atoms with van der Waals surface area (Å²) in [6.07, 6.45) is 7.77. The molecule has 0 N–H and O–H groups in total. The van der Waals surface area contributed by atoms with Gasteiger partial charge < -0.3 is 14.5 Å². The van der Waals surface area contributed by atoms with Gasteiger partial charge in [0.2, 0.25) is 0 Å². The lowest BCUT2D eigenvalue weighted by atomic mass is 10.0. The van der Waals surface area contributed by atoms with Gasteiger partial charge in [-0.3, -0.25) is 9.88 Å². The van der Waals surface area contributed by atoms with Gasteiger partial charge in [0.25, 0.3) is 0 Å². The predicted molar refractivity (Wildman–Crippen MR) is 91.8 cm³/mol. The maximum Gasteiger partial charge on any atom is 0.147 e. The fourth-order valence-corrected chi connectivity index (χ4v) is 3.55. The third kappa shape index (κ3) is 4.40. The van der Waals surface area contributed by atoms with E-state index in [0.29, 0.717) is 12.1 Å². The van der Waals surface area contributed by atoms with Crippen LogP contribution >= 0.6 is 0 Å². The molecule has 0 aromatic carbocycles. The normalized spacial score (nSPS) is 24.3. The Balaban J connectivity index is 1.42. The molecule has 0 bridgehead atoms. The molecule has 23 heavy (non-hydrogen) atoms. The topological polar surface area (TPSA) is 44.7 Å². The van der Waals surface area contributed by atoms with Crippen molar-refractivity contribution in [2.45, 2.75) is 31.8 Å². The fourth-order valence-electron chi connectivity index (χ4n) is 3.55. The fraction of sp³-hybridized carbons (Fsp3) is 0.765. The summed E-state index contributed by atoms with van der Waals surface area (Å²) in [5.74, 6) is 1.01. The van der Waals surface area contributed by atoms with Gasteiger partial charge in [0.05, 0.1) is 19.4 Å². The zero-order chi connectivity index (χ0) is 16.1. The van der Waals surface area contributed by atoms with Gasteiger partial charge in [-0.05, 0) is 26.8 Å². The molecule has 128 valence electrons. The van der Waals surface area contributed by atoms with Crippen LogP contribution in [0, 0.1) is 0 Å². The maximum atomic E-state index is 5.52. The number of hydrogen-bond acceptors (Lipinski definition) is 6. The molecule has 3 rings (SSSR count). The van der Waals surface area contributed by atoms with Crippen molar-refractivity contribution in [3.8, 4) is 0 Å². The van der Waals surface area contributed by atoms with E-state index in [1.165, 1.54) is 12.8 Å². The van der Waals surface area contributed by atoms with Crippen molar-refractivity contribution in [2.24, 2.45) is 0 Å². The van der Waals surface area contributed by atoms with E-state index in [4.69, 9.17) is 4.74 Å². The van der Waals surface area contributed by atoms with Crippen LogP contribution in [0.15, 0.2) is 18.6 Å². The number of piperidine rings is 1. The minimum Gasteiger partial charge on any atom is -0.379 e. The lowest BCUT2D eigenvalue weighted by Gasteiger charge is -2.39. The number of hydrogen-bond donors (Lipinski definition) is 0. The maximum absolute atomic E-state index is 5.52. The average Bonchev–Trinajstić information content (AvgIpc) is 2.62. The van der Waals surface area contributed by atoms with Gasteiger partial charge in [-0.25, -0.2) is 4.98 Å². The molecule has 0 radical (unpaired) electrons. The summed E-state index contributed by atoms with van der Waals surface area (Å²) in [5.41, 5.74) is 0. The number of rotatable bonds is 5. The van der Waals surface area contributed by atoms with Crippen LogP contribution < -0.4 is 4.90 Å². The molecule has 6 heteroatoms. The Morgan fingerprint density at radius 3 is 2.78 bits per heavy atom. The molecule has 0 saturated carbocycles. The molecule has 1 aromatic rings. The van der Waals surface area contributed by atoms with Gasteiger partial charge in [0.1, 0.15) is 5.82 Å². The SMILES string of the molecule is CC1COCCN1CCN(C)C1CCN(c2cnccn2)CC1. The highest BCUT2D eigenvalue weighted by Crippen LogP contribution is 2.19. The number of likely N-dealkylation sites (N-methyl/N-ethyl adjacent to an activating group) is 1. The smallest absolute Gasteiger partial charge is 0.147 e. The second-order valence-corrected chi connectivity index (χ2v) is 6.72. The van der Waals surface area contributed by atoms with Gasteiger partial charge in [-0.2, -0.15) is 0 Å². The van der Waals surface area contributed by atoms with E-state index in [0.717, 1.165) is 51.8 Å². The first-order valence-corrected chi connectivity index (χ1v) is 8.77. The van der Waals surface area contributed by atoms with Crippen LogP contribution in [0.1, 0.15) is 19.8 Å². The van der Waals surface area contributed by atoms with Crippen molar-refractivity contribution in [1.82, 2.24) is 19.8 Å². The van der Waals surface area contributed by atoms with Crippen LogP contribution in [-0.4, -0.2) is 84.8 Å². The van der Waals surface area contributed by atoms with Crippen molar-refractivity contribution in [3.63, 3.8) is 0 Å². The summed E-state index contributed by atoms with van der Waals surface area (Å²) in [7, 11) is 2.27. The lowest BCUT2D eigenvalue weighted by Crippen LogP contribution is -2.49. The number of morpholine rings is 1. The standard InChI is InChI=1S/C17H29N5O/c1-15-14-23-12-11-21(15)10-9-20(2)16-3-7-22(8-4-16)17-13-18-5-6-19-17/h5-6,13,15-16H,3-4,7-12,14H2,1-2H3. The highest BCUT2D eigenvalue weighted by Gasteiger charge is 2.24. The molecule has 3 heterocycles. The van der Waals surface area contributed by atoms with E-state index >= 15 is 0 Å². The second-order valence-electron chi connectivity index (χ2n) is 6.72. The van der Waals surface area contributed by atoms with Crippen molar-refractivity contribution < 1.29 is 4.74 Å². The van der Waals surface area contributed by atoms with Crippen LogP contribution in [0.5, 0.6) is 0 Å². The van der Waals surface area contributed by atoms with E-state index in [9.17, 15) is 0 Å². The molecular weight excluding hydrogens is 290 g/mol. The minimum absolute atomic E-state index is 0.552. The third-order valence-electron chi connectivity index (χ3n) is 5.21. The Bertz CT molecular complexity index is 463. The molecule has 1 atom stereocenters. The first kappa shape index (κ1) is 16.6. The second kappa shape index (κ2) is 8.04. The van der Waals surface area contributed by atoms with Crippen LogP contribution in [-0.2, 0) is 4.74 Å². The van der Waals surface area contributed by atoms with Gasteiger partial charge in [-0.15, -0.1) is 0 Å². The number of anilines is 1. The van der Waals surface area contributed by atoms with Crippen molar-refractivity contribution in [3.05, 3.63) is 18.6 Å². The molecule has 1 unspecified atom stereocenters. The number of ether oxygens (including phenoxy) is 1. The lowest BCUT2D eigenvalue weighted by molar-refractivity contribution is -0.00495. The molecule has 2 saturated heterocycles. The van der Waals surface area contributed by atoms with Gasteiger partial charge in [-0.1, -0.05) is 0 Å². The molecule has 2 aliphatic rings. The Kier molecular flexibility index (Phi) is 5.80. The van der Waals surface area contributed by atoms with Crippen LogP contribution in [0.25, 0.3) is 0 Å².